The molecule has 3 rings (SSSR count). The lowest BCUT2D eigenvalue weighted by atomic mass is 10.0. The van der Waals surface area contributed by atoms with Crippen LogP contribution in [-0.4, -0.2) is 11.6 Å². The Balaban J connectivity index is 1.42. The van der Waals surface area contributed by atoms with Crippen LogP contribution in [-0.2, 0) is 19.3 Å². The smallest absolute Gasteiger partial charge is 0.119 e. The van der Waals surface area contributed by atoms with E-state index in [1.54, 1.807) is 0 Å². The molecule has 0 saturated carbocycles. The third-order valence-corrected chi connectivity index (χ3v) is 6.29. The minimum absolute atomic E-state index is 0.825. The second-order valence-electron chi connectivity index (χ2n) is 9.11. The number of nitrogens with zero attached hydrogens (tertiary/aromatic N) is 1. The zero-order valence-electron chi connectivity index (χ0n) is 20.7. The third-order valence-electron chi connectivity index (χ3n) is 6.29. The fourth-order valence-corrected chi connectivity index (χ4v) is 4.10. The molecule has 2 heteroatoms. The highest BCUT2D eigenvalue weighted by Crippen LogP contribution is 2.20. The van der Waals surface area contributed by atoms with E-state index < -0.39 is 0 Å². The molecule has 1 heterocycles. The molecular formula is C31H41NO. The van der Waals surface area contributed by atoms with E-state index in [9.17, 15) is 0 Å². The highest BCUT2D eigenvalue weighted by Gasteiger charge is 2.02. The monoisotopic (exact) mass is 443 g/mol. The molecule has 0 radical (unpaired) electrons. The number of hydrogen-bond donors (Lipinski definition) is 0. The molecule has 0 bridgehead atoms. The Morgan fingerprint density at radius 2 is 1.18 bits per heavy atom. The van der Waals surface area contributed by atoms with E-state index in [2.05, 4.69) is 79.5 Å². The maximum atomic E-state index is 5.88. The first kappa shape index (κ1) is 25.0. The molecule has 3 aromatic rings. The van der Waals surface area contributed by atoms with Crippen LogP contribution in [0.3, 0.4) is 0 Å². The number of aryl methyl sites for hydroxylation is 3. The van der Waals surface area contributed by atoms with Gasteiger partial charge in [0.25, 0.3) is 0 Å². The molecule has 2 aromatic carbocycles. The molecule has 0 saturated heterocycles. The van der Waals surface area contributed by atoms with Gasteiger partial charge < -0.3 is 4.74 Å². The quantitative estimate of drug-likeness (QED) is 0.219. The lowest BCUT2D eigenvalue weighted by molar-refractivity contribution is 0.304. The molecular weight excluding hydrogens is 402 g/mol. The van der Waals surface area contributed by atoms with Gasteiger partial charge in [-0.3, -0.25) is 4.98 Å². The zero-order chi connectivity index (χ0) is 23.1. The summed E-state index contributed by atoms with van der Waals surface area (Å²) in [5.41, 5.74) is 6.31. The van der Waals surface area contributed by atoms with Crippen molar-refractivity contribution in [2.24, 2.45) is 0 Å². The molecule has 0 aliphatic heterocycles. The molecule has 2 nitrogen and oxygen atoms in total. The highest BCUT2D eigenvalue weighted by atomic mass is 16.5. The normalized spacial score (nSPS) is 11.0. The van der Waals surface area contributed by atoms with E-state index >= 15 is 0 Å². The first-order chi connectivity index (χ1) is 16.3. The fraction of sp³-hybridized carbons (Fsp3) is 0.452. The first-order valence-electron chi connectivity index (χ1n) is 13.0. The molecule has 1 aromatic heterocycles. The van der Waals surface area contributed by atoms with Crippen LogP contribution in [0.15, 0.2) is 66.9 Å². The summed E-state index contributed by atoms with van der Waals surface area (Å²) in [6, 6.07) is 21.9. The van der Waals surface area contributed by atoms with Gasteiger partial charge in [-0.2, -0.15) is 0 Å². The van der Waals surface area contributed by atoms with Gasteiger partial charge in [-0.15, -0.1) is 0 Å². The molecule has 0 atom stereocenters. The predicted octanol–water partition coefficient (Wildman–Crippen LogP) is 8.62. The Kier molecular flexibility index (Phi) is 11.0. The molecule has 0 amide bonds. The van der Waals surface area contributed by atoms with Gasteiger partial charge in [0, 0.05) is 11.8 Å². The van der Waals surface area contributed by atoms with E-state index in [1.807, 2.05) is 6.20 Å². The van der Waals surface area contributed by atoms with Crippen molar-refractivity contribution in [3.8, 4) is 17.0 Å². The summed E-state index contributed by atoms with van der Waals surface area (Å²) in [5, 5.41) is 0. The molecule has 0 aliphatic carbocycles. The van der Waals surface area contributed by atoms with Crippen LogP contribution in [0.4, 0.5) is 0 Å². The van der Waals surface area contributed by atoms with Crippen LogP contribution in [0, 0.1) is 0 Å². The molecule has 176 valence electrons. The number of rotatable bonds is 15. The highest BCUT2D eigenvalue weighted by molar-refractivity contribution is 5.59. The van der Waals surface area contributed by atoms with Gasteiger partial charge >= 0.3 is 0 Å². The van der Waals surface area contributed by atoms with Crippen LogP contribution in [0.2, 0.25) is 0 Å². The number of pyridine rings is 1. The van der Waals surface area contributed by atoms with Crippen molar-refractivity contribution >= 4 is 0 Å². The van der Waals surface area contributed by atoms with Gasteiger partial charge in [0.1, 0.15) is 5.75 Å². The van der Waals surface area contributed by atoms with Crippen LogP contribution < -0.4 is 4.74 Å². The second-order valence-corrected chi connectivity index (χ2v) is 9.11. The van der Waals surface area contributed by atoms with E-state index in [1.165, 1.54) is 67.2 Å². The van der Waals surface area contributed by atoms with E-state index in [-0.39, 0.29) is 0 Å². The van der Waals surface area contributed by atoms with E-state index in [0.29, 0.717) is 0 Å². The van der Waals surface area contributed by atoms with Gasteiger partial charge in [0.15, 0.2) is 0 Å². The predicted molar refractivity (Wildman–Crippen MR) is 141 cm³/mol. The Morgan fingerprint density at radius 1 is 0.576 bits per heavy atom. The lowest BCUT2D eigenvalue weighted by Crippen LogP contribution is -1.98. The molecule has 0 aliphatic rings. The van der Waals surface area contributed by atoms with Crippen molar-refractivity contribution in [2.45, 2.75) is 84.5 Å². The SMILES string of the molecule is CCCCCCCOc1ccc(CCc2ccc(-c3ccc(CCCCC)cn3)cc2)cc1. The Hall–Kier alpha value is -2.61. The molecule has 0 N–H and O–H groups in total. The number of aromatic nitrogens is 1. The topological polar surface area (TPSA) is 22.1 Å². The number of unbranched alkanes of at least 4 members (excludes halogenated alkanes) is 6. The zero-order valence-corrected chi connectivity index (χ0v) is 20.7. The van der Waals surface area contributed by atoms with Crippen LogP contribution in [0.5, 0.6) is 5.75 Å². The number of benzene rings is 2. The standard InChI is InChI=1S/C31H41NO/c1-3-5-7-8-10-24-33-30-21-16-27(17-22-30)13-12-26-14-19-29(20-15-26)31-23-18-28(25-32-31)11-9-6-4-2/h14-23,25H,3-13,24H2,1-2H3. The van der Waals surface area contributed by atoms with E-state index in [0.717, 1.165) is 43.7 Å². The first-order valence-corrected chi connectivity index (χ1v) is 13.0. The average molecular weight is 444 g/mol. The summed E-state index contributed by atoms with van der Waals surface area (Å²) in [6.45, 7) is 5.32. The van der Waals surface area contributed by atoms with Crippen molar-refractivity contribution in [1.29, 1.82) is 0 Å². The summed E-state index contributed by atoms with van der Waals surface area (Å²) >= 11 is 0. The summed E-state index contributed by atoms with van der Waals surface area (Å²) in [6.07, 6.45) is 15.4. The van der Waals surface area contributed by atoms with Crippen molar-refractivity contribution in [3.05, 3.63) is 83.6 Å². The lowest BCUT2D eigenvalue weighted by Gasteiger charge is -2.08. The summed E-state index contributed by atoms with van der Waals surface area (Å²) < 4.78 is 5.88. The van der Waals surface area contributed by atoms with Crippen molar-refractivity contribution < 1.29 is 4.74 Å². The average Bonchev–Trinajstić information content (AvgIpc) is 2.86. The summed E-state index contributed by atoms with van der Waals surface area (Å²) in [4.78, 5) is 4.69. The van der Waals surface area contributed by atoms with Crippen molar-refractivity contribution in [3.63, 3.8) is 0 Å². The van der Waals surface area contributed by atoms with Gasteiger partial charge in [-0.25, -0.2) is 0 Å². The number of ether oxygens (including phenoxy) is 1. The largest absolute Gasteiger partial charge is 0.494 e. The minimum Gasteiger partial charge on any atom is -0.494 e. The Labute approximate surface area is 201 Å². The summed E-state index contributed by atoms with van der Waals surface area (Å²) in [5.74, 6) is 0.988. The van der Waals surface area contributed by atoms with Crippen molar-refractivity contribution in [2.75, 3.05) is 6.61 Å². The molecule has 0 unspecified atom stereocenters. The fourth-order valence-electron chi connectivity index (χ4n) is 4.10. The second kappa shape index (κ2) is 14.5. The van der Waals surface area contributed by atoms with E-state index in [4.69, 9.17) is 4.74 Å². The van der Waals surface area contributed by atoms with Crippen LogP contribution in [0.1, 0.15) is 81.9 Å². The Morgan fingerprint density at radius 3 is 1.82 bits per heavy atom. The van der Waals surface area contributed by atoms with Crippen LogP contribution >= 0.6 is 0 Å². The maximum Gasteiger partial charge on any atom is 0.119 e. The number of hydrogen-bond acceptors (Lipinski definition) is 2. The van der Waals surface area contributed by atoms with Gasteiger partial charge in [-0.1, -0.05) is 94.8 Å². The van der Waals surface area contributed by atoms with Crippen LogP contribution in [0.25, 0.3) is 11.3 Å². The van der Waals surface area contributed by atoms with Gasteiger partial charge in [-0.05, 0) is 67.0 Å². The molecule has 33 heavy (non-hydrogen) atoms. The van der Waals surface area contributed by atoms with Crippen molar-refractivity contribution in [1.82, 2.24) is 4.98 Å². The van der Waals surface area contributed by atoms with Gasteiger partial charge in [0.2, 0.25) is 0 Å². The summed E-state index contributed by atoms with van der Waals surface area (Å²) in [7, 11) is 0. The molecule has 0 fully saturated rings. The maximum absolute atomic E-state index is 5.88. The van der Waals surface area contributed by atoms with Gasteiger partial charge in [0.05, 0.1) is 12.3 Å². The molecule has 0 spiro atoms. The Bertz CT molecular complexity index is 897. The minimum atomic E-state index is 0.825. The third kappa shape index (κ3) is 9.04.